The van der Waals surface area contributed by atoms with E-state index in [1.807, 2.05) is 0 Å². The van der Waals surface area contributed by atoms with E-state index < -0.39 is 0 Å². The number of hydrogen-bond donors (Lipinski definition) is 0. The predicted molar refractivity (Wildman–Crippen MR) is 120 cm³/mol. The van der Waals surface area contributed by atoms with Gasteiger partial charge in [-0.1, -0.05) is 35.5 Å². The van der Waals surface area contributed by atoms with E-state index in [2.05, 4.69) is 77.5 Å². The highest BCUT2D eigenvalue weighted by molar-refractivity contribution is 7.98. The van der Waals surface area contributed by atoms with Crippen molar-refractivity contribution in [1.82, 2.24) is 19.7 Å². The molecule has 4 aromatic rings. The first-order valence-corrected chi connectivity index (χ1v) is 11.9. The summed E-state index contributed by atoms with van der Waals surface area (Å²) in [4.78, 5) is 6.15. The lowest BCUT2D eigenvalue weighted by molar-refractivity contribution is 0.687. The summed E-state index contributed by atoms with van der Waals surface area (Å²) in [5.74, 6) is 1.76. The van der Waals surface area contributed by atoms with E-state index in [9.17, 15) is 0 Å². The minimum Gasteiger partial charge on any atom is -0.302 e. The zero-order chi connectivity index (χ0) is 19.7. The molecule has 0 amide bonds. The molecule has 0 radical (unpaired) electrons. The van der Waals surface area contributed by atoms with Gasteiger partial charge in [-0.3, -0.25) is 0 Å². The van der Waals surface area contributed by atoms with E-state index >= 15 is 0 Å². The quantitative estimate of drug-likeness (QED) is 0.336. The van der Waals surface area contributed by atoms with Crippen molar-refractivity contribution in [2.24, 2.45) is 0 Å². The van der Waals surface area contributed by atoms with Crippen molar-refractivity contribution in [2.45, 2.75) is 45.1 Å². The Kier molecular flexibility index (Phi) is 5.66. The molecule has 0 bridgehead atoms. The molecular weight excluding hydrogens is 404 g/mol. The average Bonchev–Trinajstić information content (AvgIpc) is 3.40. The Morgan fingerprint density at radius 2 is 1.93 bits per heavy atom. The fourth-order valence-corrected chi connectivity index (χ4v) is 5.72. The molecule has 144 valence electrons. The number of thiophene rings is 1. The maximum Gasteiger partial charge on any atom is 0.191 e. The first kappa shape index (κ1) is 19.4. The van der Waals surface area contributed by atoms with Crippen molar-refractivity contribution < 1.29 is 0 Å². The summed E-state index contributed by atoms with van der Waals surface area (Å²) in [7, 11) is 0. The standard InChI is InChI=1S/C21H22N4S3/c1-5-25-19(18-12-26-15(4)14(18)3)23-24-21(25)28-11-17-10-27-20(22-17)16-8-6-7-13(2)9-16/h6-10,12H,5,11H2,1-4H3. The Balaban J connectivity index is 1.52. The van der Waals surface area contributed by atoms with Gasteiger partial charge in [0.05, 0.1) is 5.69 Å². The predicted octanol–water partition coefficient (Wildman–Crippen LogP) is 6.37. The highest BCUT2D eigenvalue weighted by atomic mass is 32.2. The topological polar surface area (TPSA) is 43.6 Å². The average molecular weight is 427 g/mol. The van der Waals surface area contributed by atoms with Crippen molar-refractivity contribution in [1.29, 1.82) is 0 Å². The van der Waals surface area contributed by atoms with E-state index in [1.165, 1.54) is 27.1 Å². The molecule has 0 atom stereocenters. The molecule has 3 aromatic heterocycles. The molecule has 0 saturated heterocycles. The summed E-state index contributed by atoms with van der Waals surface area (Å²) in [6.07, 6.45) is 0. The number of aromatic nitrogens is 4. The maximum absolute atomic E-state index is 4.82. The number of benzene rings is 1. The van der Waals surface area contributed by atoms with Gasteiger partial charge in [-0.05, 0) is 39.3 Å². The molecular formula is C21H22N4S3. The molecule has 0 aliphatic rings. The van der Waals surface area contributed by atoms with Crippen molar-refractivity contribution in [3.8, 4) is 22.0 Å². The van der Waals surface area contributed by atoms with Crippen LogP contribution in [0, 0.1) is 20.8 Å². The monoisotopic (exact) mass is 426 g/mol. The summed E-state index contributed by atoms with van der Waals surface area (Å²) in [6.45, 7) is 9.42. The van der Waals surface area contributed by atoms with Crippen LogP contribution in [0.5, 0.6) is 0 Å². The molecule has 0 fully saturated rings. The second-order valence-corrected chi connectivity index (χ2v) is 9.57. The van der Waals surface area contributed by atoms with Crippen LogP contribution in [0.15, 0.2) is 40.2 Å². The molecule has 7 heteroatoms. The van der Waals surface area contributed by atoms with E-state index in [0.717, 1.165) is 34.0 Å². The first-order chi connectivity index (χ1) is 13.6. The van der Waals surface area contributed by atoms with Gasteiger partial charge in [0.25, 0.3) is 0 Å². The SMILES string of the molecule is CCn1c(SCc2csc(-c3cccc(C)c3)n2)nnc1-c1csc(C)c1C. The zero-order valence-corrected chi connectivity index (χ0v) is 18.8. The molecule has 4 rings (SSSR count). The van der Waals surface area contributed by atoms with Crippen LogP contribution in [0.25, 0.3) is 22.0 Å². The third-order valence-electron chi connectivity index (χ3n) is 4.73. The minimum absolute atomic E-state index is 0.794. The summed E-state index contributed by atoms with van der Waals surface area (Å²) in [6, 6.07) is 8.49. The Bertz CT molecular complexity index is 1110. The van der Waals surface area contributed by atoms with Gasteiger partial charge in [0.15, 0.2) is 11.0 Å². The van der Waals surface area contributed by atoms with E-state index in [-0.39, 0.29) is 0 Å². The fraction of sp³-hybridized carbons (Fsp3) is 0.286. The largest absolute Gasteiger partial charge is 0.302 e. The van der Waals surface area contributed by atoms with Gasteiger partial charge in [0, 0.05) is 39.1 Å². The van der Waals surface area contributed by atoms with Crippen LogP contribution in [0.3, 0.4) is 0 Å². The van der Waals surface area contributed by atoms with E-state index in [0.29, 0.717) is 0 Å². The second kappa shape index (κ2) is 8.19. The van der Waals surface area contributed by atoms with E-state index in [1.54, 1.807) is 34.4 Å². The van der Waals surface area contributed by atoms with Gasteiger partial charge in [0.1, 0.15) is 5.01 Å². The van der Waals surface area contributed by atoms with Gasteiger partial charge in [-0.15, -0.1) is 32.9 Å². The van der Waals surface area contributed by atoms with Crippen LogP contribution in [0.1, 0.15) is 28.6 Å². The van der Waals surface area contributed by atoms with Crippen LogP contribution in [-0.2, 0) is 12.3 Å². The maximum atomic E-state index is 4.82. The Morgan fingerprint density at radius 1 is 1.07 bits per heavy atom. The van der Waals surface area contributed by atoms with Crippen molar-refractivity contribution in [2.75, 3.05) is 0 Å². The van der Waals surface area contributed by atoms with Crippen molar-refractivity contribution >= 4 is 34.4 Å². The number of thioether (sulfide) groups is 1. The highest BCUT2D eigenvalue weighted by Crippen LogP contribution is 2.33. The number of aryl methyl sites for hydroxylation is 2. The fourth-order valence-electron chi connectivity index (χ4n) is 3.04. The molecule has 4 nitrogen and oxygen atoms in total. The summed E-state index contributed by atoms with van der Waals surface area (Å²) in [5.41, 5.74) is 6.01. The molecule has 1 aromatic carbocycles. The number of hydrogen-bond acceptors (Lipinski definition) is 6. The molecule has 0 spiro atoms. The Morgan fingerprint density at radius 3 is 2.64 bits per heavy atom. The zero-order valence-electron chi connectivity index (χ0n) is 16.4. The molecule has 28 heavy (non-hydrogen) atoms. The van der Waals surface area contributed by atoms with Crippen LogP contribution < -0.4 is 0 Å². The number of nitrogens with zero attached hydrogens (tertiary/aromatic N) is 4. The summed E-state index contributed by atoms with van der Waals surface area (Å²) in [5, 5.41) is 15.3. The van der Waals surface area contributed by atoms with Crippen LogP contribution in [0.4, 0.5) is 0 Å². The highest BCUT2D eigenvalue weighted by Gasteiger charge is 2.17. The van der Waals surface area contributed by atoms with Crippen LogP contribution >= 0.6 is 34.4 Å². The van der Waals surface area contributed by atoms with Crippen molar-refractivity contribution in [3.05, 3.63) is 56.7 Å². The molecule has 0 aliphatic heterocycles. The first-order valence-electron chi connectivity index (χ1n) is 9.19. The smallest absolute Gasteiger partial charge is 0.191 e. The van der Waals surface area contributed by atoms with Crippen molar-refractivity contribution in [3.63, 3.8) is 0 Å². The minimum atomic E-state index is 0.794. The van der Waals surface area contributed by atoms with Gasteiger partial charge in [-0.2, -0.15) is 0 Å². The number of rotatable bonds is 6. The molecule has 0 saturated carbocycles. The molecule has 0 unspecified atom stereocenters. The van der Waals surface area contributed by atoms with Gasteiger partial charge < -0.3 is 4.57 Å². The second-order valence-electron chi connectivity index (χ2n) is 6.68. The number of thiazole rings is 1. The van der Waals surface area contributed by atoms with E-state index in [4.69, 9.17) is 4.98 Å². The van der Waals surface area contributed by atoms with Gasteiger partial charge in [0.2, 0.25) is 0 Å². The van der Waals surface area contributed by atoms with Crippen LogP contribution in [-0.4, -0.2) is 19.7 Å². The Labute approximate surface area is 177 Å². The lowest BCUT2D eigenvalue weighted by Crippen LogP contribution is -2.00. The van der Waals surface area contributed by atoms with Crippen LogP contribution in [0.2, 0.25) is 0 Å². The normalized spacial score (nSPS) is 11.3. The molecule has 0 N–H and O–H groups in total. The third kappa shape index (κ3) is 3.79. The van der Waals surface area contributed by atoms with Gasteiger partial charge >= 0.3 is 0 Å². The molecule has 3 heterocycles. The third-order valence-corrected chi connectivity index (χ3v) is 7.68. The summed E-state index contributed by atoms with van der Waals surface area (Å²) < 4.78 is 2.20. The lowest BCUT2D eigenvalue weighted by Gasteiger charge is -2.06. The summed E-state index contributed by atoms with van der Waals surface area (Å²) >= 11 is 5.17. The molecule has 0 aliphatic carbocycles. The Hall–Kier alpha value is -1.96. The van der Waals surface area contributed by atoms with Gasteiger partial charge in [-0.25, -0.2) is 4.98 Å². The lowest BCUT2D eigenvalue weighted by atomic mass is 10.1.